The Balaban J connectivity index is 0.00000243. The van der Waals surface area contributed by atoms with Crippen molar-refractivity contribution in [3.63, 3.8) is 0 Å². The highest BCUT2D eigenvalue weighted by atomic mass is 35.5. The van der Waals surface area contributed by atoms with Crippen LogP contribution < -0.4 is 11.1 Å². The first-order valence-electron chi connectivity index (χ1n) is 8.52. The molecule has 0 aliphatic carbocycles. The molecule has 1 saturated heterocycles. The lowest BCUT2D eigenvalue weighted by Crippen LogP contribution is -2.45. The van der Waals surface area contributed by atoms with Crippen molar-refractivity contribution >= 4 is 35.6 Å². The van der Waals surface area contributed by atoms with Crippen molar-refractivity contribution in [2.24, 2.45) is 0 Å². The van der Waals surface area contributed by atoms with Gasteiger partial charge in [-0.3, -0.25) is 4.79 Å². The second-order valence-electron chi connectivity index (χ2n) is 6.59. The van der Waals surface area contributed by atoms with Gasteiger partial charge in [-0.05, 0) is 48.2 Å². The molecule has 3 N–H and O–H groups in total. The minimum absolute atomic E-state index is 0. The molecule has 2 aromatic carbocycles. The van der Waals surface area contributed by atoms with E-state index in [-0.39, 0.29) is 23.7 Å². The van der Waals surface area contributed by atoms with Gasteiger partial charge in [-0.1, -0.05) is 35.9 Å². The number of nitrogens with two attached hydrogens (primary N) is 1. The van der Waals surface area contributed by atoms with E-state index in [0.29, 0.717) is 31.9 Å². The van der Waals surface area contributed by atoms with E-state index in [0.717, 1.165) is 23.4 Å². The maximum absolute atomic E-state index is 12.4. The monoisotopic (exact) mass is 394 g/mol. The first kappa shape index (κ1) is 20.6. The fraction of sp³-hybridized carbons (Fsp3) is 0.350. The Morgan fingerprint density at radius 1 is 1.08 bits per heavy atom. The van der Waals surface area contributed by atoms with Gasteiger partial charge in [-0.2, -0.15) is 0 Å². The predicted octanol–water partition coefficient (Wildman–Crippen LogP) is 3.75. The lowest BCUT2D eigenvalue weighted by Gasteiger charge is -2.38. The second kappa shape index (κ2) is 9.26. The van der Waals surface area contributed by atoms with Crippen LogP contribution in [0.1, 0.15) is 24.0 Å². The Kier molecular flexibility index (Phi) is 7.33. The molecule has 140 valence electrons. The van der Waals surface area contributed by atoms with Crippen molar-refractivity contribution in [3.8, 4) is 0 Å². The summed E-state index contributed by atoms with van der Waals surface area (Å²) in [6.45, 7) is 2.01. The zero-order valence-electron chi connectivity index (χ0n) is 14.5. The van der Waals surface area contributed by atoms with Gasteiger partial charge < -0.3 is 15.8 Å². The van der Waals surface area contributed by atoms with Crippen LogP contribution >= 0.6 is 24.0 Å². The Hall–Kier alpha value is -1.75. The number of hydrogen-bond donors (Lipinski definition) is 2. The maximum Gasteiger partial charge on any atom is 0.224 e. The van der Waals surface area contributed by atoms with Crippen LogP contribution in [0.2, 0.25) is 5.02 Å². The van der Waals surface area contributed by atoms with Crippen molar-refractivity contribution in [2.75, 3.05) is 25.5 Å². The number of carbonyl (C=O) groups excluding carboxylic acids is 1. The van der Waals surface area contributed by atoms with Gasteiger partial charge in [0.25, 0.3) is 0 Å². The molecule has 0 unspecified atom stereocenters. The first-order valence-corrected chi connectivity index (χ1v) is 8.90. The molecule has 1 aliphatic heterocycles. The molecule has 6 heteroatoms. The molecule has 3 rings (SSSR count). The Bertz CT molecular complexity index is 712. The normalized spacial score (nSPS) is 15.7. The molecule has 2 aromatic rings. The number of benzene rings is 2. The van der Waals surface area contributed by atoms with Crippen LogP contribution in [-0.2, 0) is 21.4 Å². The third kappa shape index (κ3) is 5.13. The number of anilines is 1. The van der Waals surface area contributed by atoms with Crippen LogP contribution in [0.3, 0.4) is 0 Å². The van der Waals surface area contributed by atoms with Crippen LogP contribution in [0.5, 0.6) is 0 Å². The highest BCUT2D eigenvalue weighted by Gasteiger charge is 2.34. The predicted molar refractivity (Wildman–Crippen MR) is 108 cm³/mol. The van der Waals surface area contributed by atoms with Gasteiger partial charge in [-0.15, -0.1) is 12.4 Å². The topological polar surface area (TPSA) is 64.4 Å². The van der Waals surface area contributed by atoms with E-state index >= 15 is 0 Å². The van der Waals surface area contributed by atoms with E-state index in [4.69, 9.17) is 22.1 Å². The fourth-order valence-corrected chi connectivity index (χ4v) is 3.41. The zero-order valence-corrected chi connectivity index (χ0v) is 16.1. The summed E-state index contributed by atoms with van der Waals surface area (Å²) in [5.41, 5.74) is 8.45. The lowest BCUT2D eigenvalue weighted by molar-refractivity contribution is -0.120. The lowest BCUT2D eigenvalue weighted by atomic mass is 9.74. The molecule has 1 aliphatic rings. The summed E-state index contributed by atoms with van der Waals surface area (Å²) in [6.07, 6.45) is 2.13. The van der Waals surface area contributed by atoms with Crippen LogP contribution in [-0.4, -0.2) is 25.7 Å². The van der Waals surface area contributed by atoms with E-state index in [2.05, 4.69) is 17.4 Å². The van der Waals surface area contributed by atoms with Crippen LogP contribution in [0.15, 0.2) is 48.5 Å². The van der Waals surface area contributed by atoms with Crippen LogP contribution in [0.25, 0.3) is 0 Å². The number of amides is 1. The van der Waals surface area contributed by atoms with E-state index in [1.807, 2.05) is 36.4 Å². The van der Waals surface area contributed by atoms with E-state index < -0.39 is 0 Å². The average molecular weight is 395 g/mol. The van der Waals surface area contributed by atoms with Crippen molar-refractivity contribution < 1.29 is 9.53 Å². The zero-order chi connectivity index (χ0) is 17.7. The van der Waals surface area contributed by atoms with Crippen molar-refractivity contribution in [3.05, 3.63) is 64.7 Å². The Morgan fingerprint density at radius 3 is 2.31 bits per heavy atom. The molecule has 1 amide bonds. The molecular weight excluding hydrogens is 371 g/mol. The minimum Gasteiger partial charge on any atom is -0.399 e. The summed E-state index contributed by atoms with van der Waals surface area (Å²) in [6, 6.07) is 15.3. The third-order valence-corrected chi connectivity index (χ3v) is 5.13. The molecule has 0 bridgehead atoms. The number of rotatable bonds is 5. The number of halogens is 2. The molecule has 0 aromatic heterocycles. The smallest absolute Gasteiger partial charge is 0.224 e. The molecule has 1 heterocycles. The van der Waals surface area contributed by atoms with Gasteiger partial charge in [0, 0.05) is 35.9 Å². The van der Waals surface area contributed by atoms with E-state index in [1.165, 1.54) is 5.56 Å². The number of hydrogen-bond acceptors (Lipinski definition) is 3. The maximum atomic E-state index is 12.4. The SMILES string of the molecule is Cl.Nc1ccc(CC(=O)NCC2(c3ccc(Cl)cc3)CCOCC2)cc1. The van der Waals surface area contributed by atoms with Crippen LogP contribution in [0.4, 0.5) is 5.69 Å². The summed E-state index contributed by atoms with van der Waals surface area (Å²) < 4.78 is 5.53. The van der Waals surface area contributed by atoms with Gasteiger partial charge >= 0.3 is 0 Å². The van der Waals surface area contributed by atoms with Gasteiger partial charge in [0.15, 0.2) is 0 Å². The molecule has 0 atom stereocenters. The number of nitrogen functional groups attached to an aromatic ring is 1. The van der Waals surface area contributed by atoms with E-state index in [9.17, 15) is 4.79 Å². The van der Waals surface area contributed by atoms with Crippen molar-refractivity contribution in [1.29, 1.82) is 0 Å². The van der Waals surface area contributed by atoms with Gasteiger partial charge in [0.1, 0.15) is 0 Å². The first-order chi connectivity index (χ1) is 12.1. The molecule has 0 radical (unpaired) electrons. The minimum atomic E-state index is -0.0976. The summed E-state index contributed by atoms with van der Waals surface area (Å²) in [4.78, 5) is 12.4. The van der Waals surface area contributed by atoms with E-state index in [1.54, 1.807) is 0 Å². The quantitative estimate of drug-likeness (QED) is 0.758. The summed E-state index contributed by atoms with van der Waals surface area (Å²) >= 11 is 6.02. The molecule has 0 saturated carbocycles. The fourth-order valence-electron chi connectivity index (χ4n) is 3.28. The highest BCUT2D eigenvalue weighted by Crippen LogP contribution is 2.34. The van der Waals surface area contributed by atoms with Gasteiger partial charge in [0.05, 0.1) is 6.42 Å². The van der Waals surface area contributed by atoms with Gasteiger partial charge in [-0.25, -0.2) is 0 Å². The third-order valence-electron chi connectivity index (χ3n) is 4.87. The number of nitrogens with one attached hydrogen (secondary N) is 1. The molecule has 26 heavy (non-hydrogen) atoms. The standard InChI is InChI=1S/C20H23ClN2O2.ClH/c21-17-5-3-16(4-6-17)20(9-11-25-12-10-20)14-23-19(24)13-15-1-7-18(22)8-2-15;/h1-8H,9-14,22H2,(H,23,24);1H. The second-order valence-corrected chi connectivity index (χ2v) is 7.03. The summed E-state index contributed by atoms with van der Waals surface area (Å²) in [5, 5.41) is 3.83. The Morgan fingerprint density at radius 2 is 1.69 bits per heavy atom. The summed E-state index contributed by atoms with van der Waals surface area (Å²) in [7, 11) is 0. The average Bonchev–Trinajstić information content (AvgIpc) is 2.63. The van der Waals surface area contributed by atoms with Gasteiger partial charge in [0.2, 0.25) is 5.91 Å². The Labute approximate surface area is 165 Å². The van der Waals surface area contributed by atoms with Crippen molar-refractivity contribution in [1.82, 2.24) is 5.32 Å². The number of ether oxygens (including phenoxy) is 1. The molecule has 1 fully saturated rings. The van der Waals surface area contributed by atoms with Crippen molar-refractivity contribution in [2.45, 2.75) is 24.7 Å². The van der Waals surface area contributed by atoms with Crippen LogP contribution in [0, 0.1) is 0 Å². The highest BCUT2D eigenvalue weighted by molar-refractivity contribution is 6.30. The summed E-state index contributed by atoms with van der Waals surface area (Å²) in [5.74, 6) is 0.0181. The number of carbonyl (C=O) groups is 1. The molecular formula is C20H24Cl2N2O2. The molecule has 0 spiro atoms. The molecule has 4 nitrogen and oxygen atoms in total. The largest absolute Gasteiger partial charge is 0.399 e.